The van der Waals surface area contributed by atoms with Crippen molar-refractivity contribution in [3.05, 3.63) is 12.7 Å². The molecule has 1 aromatic rings. The zero-order valence-corrected chi connectivity index (χ0v) is 8.41. The topological polar surface area (TPSA) is 97.1 Å². The highest BCUT2D eigenvalue weighted by Gasteiger charge is 2.20. The highest BCUT2D eigenvalue weighted by molar-refractivity contribution is 5.85. The second kappa shape index (κ2) is 4.54. The Bertz CT molecular complexity index is 349. The molecule has 0 saturated heterocycles. The summed E-state index contributed by atoms with van der Waals surface area (Å²) in [5.74, 6) is -1.48. The van der Waals surface area contributed by atoms with Crippen LogP contribution in [-0.2, 0) is 9.59 Å². The molecular formula is C8H12N4O3. The van der Waals surface area contributed by atoms with Crippen LogP contribution in [0, 0.1) is 0 Å². The van der Waals surface area contributed by atoms with Crippen LogP contribution in [0.2, 0.25) is 0 Å². The van der Waals surface area contributed by atoms with Crippen LogP contribution in [0.15, 0.2) is 12.7 Å². The van der Waals surface area contributed by atoms with Gasteiger partial charge in [0, 0.05) is 0 Å². The highest BCUT2D eigenvalue weighted by Crippen LogP contribution is 2.02. The van der Waals surface area contributed by atoms with Gasteiger partial charge < -0.3 is 10.4 Å². The van der Waals surface area contributed by atoms with E-state index in [1.807, 2.05) is 0 Å². The first kappa shape index (κ1) is 11.2. The lowest BCUT2D eigenvalue weighted by molar-refractivity contribution is -0.141. The number of hydrogen-bond donors (Lipinski definition) is 2. The van der Waals surface area contributed by atoms with Gasteiger partial charge in [-0.15, -0.1) is 0 Å². The molecule has 0 aliphatic carbocycles. The smallest absolute Gasteiger partial charge is 0.325 e. The first-order valence-corrected chi connectivity index (χ1v) is 4.39. The summed E-state index contributed by atoms with van der Waals surface area (Å²) in [6, 6.07) is -1.49. The normalized spacial score (nSPS) is 14.3. The molecule has 0 spiro atoms. The maximum atomic E-state index is 11.5. The van der Waals surface area contributed by atoms with Crippen molar-refractivity contribution in [2.75, 3.05) is 0 Å². The summed E-state index contributed by atoms with van der Waals surface area (Å²) in [6.45, 7) is 3.01. The van der Waals surface area contributed by atoms with Crippen LogP contribution in [-0.4, -0.2) is 37.8 Å². The number of carbonyl (C=O) groups excluding carboxylic acids is 1. The van der Waals surface area contributed by atoms with Crippen LogP contribution in [0.25, 0.3) is 0 Å². The van der Waals surface area contributed by atoms with Gasteiger partial charge in [-0.3, -0.25) is 9.59 Å². The summed E-state index contributed by atoms with van der Waals surface area (Å²) in [4.78, 5) is 25.7. The Hall–Kier alpha value is -1.92. The Morgan fingerprint density at radius 1 is 1.47 bits per heavy atom. The number of carboxylic acid groups (broad SMARTS) is 1. The lowest BCUT2D eigenvalue weighted by Crippen LogP contribution is -2.41. The largest absolute Gasteiger partial charge is 0.480 e. The maximum absolute atomic E-state index is 11.5. The third-order valence-corrected chi connectivity index (χ3v) is 1.94. The number of nitrogens with one attached hydrogen (secondary N) is 1. The fourth-order valence-corrected chi connectivity index (χ4v) is 0.933. The molecule has 0 aromatic carbocycles. The Labute approximate surface area is 86.1 Å². The molecule has 0 radical (unpaired) electrons. The lowest BCUT2D eigenvalue weighted by atomic mass is 10.2. The molecular weight excluding hydrogens is 200 g/mol. The zero-order valence-electron chi connectivity index (χ0n) is 8.41. The number of hydrogen-bond acceptors (Lipinski definition) is 4. The van der Waals surface area contributed by atoms with Gasteiger partial charge in [-0.1, -0.05) is 0 Å². The van der Waals surface area contributed by atoms with Crippen LogP contribution in [0.5, 0.6) is 0 Å². The van der Waals surface area contributed by atoms with Crippen LogP contribution in [0.1, 0.15) is 19.9 Å². The third-order valence-electron chi connectivity index (χ3n) is 1.94. The predicted octanol–water partition coefficient (Wildman–Crippen LogP) is -0.572. The van der Waals surface area contributed by atoms with Gasteiger partial charge in [0.05, 0.1) is 0 Å². The van der Waals surface area contributed by atoms with E-state index in [0.717, 1.165) is 0 Å². The highest BCUT2D eigenvalue weighted by atomic mass is 16.4. The summed E-state index contributed by atoms with van der Waals surface area (Å²) in [7, 11) is 0. The Morgan fingerprint density at radius 2 is 2.13 bits per heavy atom. The number of nitrogens with zero attached hydrogens (tertiary/aromatic N) is 3. The molecule has 0 fully saturated rings. The molecule has 2 atom stereocenters. The predicted molar refractivity (Wildman–Crippen MR) is 50.0 cm³/mol. The number of carbonyl (C=O) groups is 2. The minimum atomic E-state index is -1.07. The van der Waals surface area contributed by atoms with Gasteiger partial charge >= 0.3 is 5.97 Å². The second-order valence-corrected chi connectivity index (χ2v) is 3.12. The van der Waals surface area contributed by atoms with Gasteiger partial charge in [-0.2, -0.15) is 5.10 Å². The van der Waals surface area contributed by atoms with E-state index < -0.39 is 24.0 Å². The SMILES string of the molecule is CC(C(=O)N[C@@H](C)C(=O)O)n1cncn1. The number of carboxylic acids is 1. The van der Waals surface area contributed by atoms with E-state index in [0.29, 0.717) is 0 Å². The fourth-order valence-electron chi connectivity index (χ4n) is 0.933. The van der Waals surface area contributed by atoms with E-state index in [-0.39, 0.29) is 0 Å². The van der Waals surface area contributed by atoms with E-state index in [4.69, 9.17) is 5.11 Å². The monoisotopic (exact) mass is 212 g/mol. The van der Waals surface area contributed by atoms with Crippen molar-refractivity contribution in [2.24, 2.45) is 0 Å². The van der Waals surface area contributed by atoms with E-state index in [1.54, 1.807) is 6.92 Å². The standard InChI is InChI=1S/C8H12N4O3/c1-5(8(14)15)11-7(13)6(2)12-4-9-3-10-12/h3-6H,1-2H3,(H,11,13)(H,14,15)/t5-,6?/m0/s1. The molecule has 1 heterocycles. The number of rotatable bonds is 4. The van der Waals surface area contributed by atoms with Crippen LogP contribution < -0.4 is 5.32 Å². The van der Waals surface area contributed by atoms with Crippen LogP contribution >= 0.6 is 0 Å². The molecule has 1 unspecified atom stereocenters. The molecule has 15 heavy (non-hydrogen) atoms. The minimum absolute atomic E-state index is 0.407. The Morgan fingerprint density at radius 3 is 2.60 bits per heavy atom. The Kier molecular flexibility index (Phi) is 3.37. The second-order valence-electron chi connectivity index (χ2n) is 3.12. The van der Waals surface area contributed by atoms with Gasteiger partial charge in [0.25, 0.3) is 0 Å². The zero-order chi connectivity index (χ0) is 11.4. The molecule has 7 nitrogen and oxygen atoms in total. The van der Waals surface area contributed by atoms with Gasteiger partial charge in [0.2, 0.25) is 5.91 Å². The molecule has 1 amide bonds. The third kappa shape index (κ3) is 2.76. The Balaban J connectivity index is 2.58. The number of aromatic nitrogens is 3. The molecule has 7 heteroatoms. The van der Waals surface area contributed by atoms with Crippen molar-refractivity contribution in [2.45, 2.75) is 25.9 Å². The van der Waals surface area contributed by atoms with E-state index in [9.17, 15) is 9.59 Å². The van der Waals surface area contributed by atoms with E-state index >= 15 is 0 Å². The van der Waals surface area contributed by atoms with E-state index in [2.05, 4.69) is 15.4 Å². The summed E-state index contributed by atoms with van der Waals surface area (Å²) >= 11 is 0. The molecule has 1 aromatic heterocycles. The summed E-state index contributed by atoms with van der Waals surface area (Å²) in [6.07, 6.45) is 2.71. The maximum Gasteiger partial charge on any atom is 0.325 e. The molecule has 82 valence electrons. The summed E-state index contributed by atoms with van der Waals surface area (Å²) in [5.41, 5.74) is 0. The summed E-state index contributed by atoms with van der Waals surface area (Å²) in [5, 5.41) is 14.7. The van der Waals surface area contributed by atoms with Crippen LogP contribution in [0.4, 0.5) is 0 Å². The molecule has 2 N–H and O–H groups in total. The van der Waals surface area contributed by atoms with Gasteiger partial charge in [0.15, 0.2) is 0 Å². The minimum Gasteiger partial charge on any atom is -0.480 e. The van der Waals surface area contributed by atoms with Crippen molar-refractivity contribution < 1.29 is 14.7 Å². The van der Waals surface area contributed by atoms with Gasteiger partial charge in [-0.05, 0) is 13.8 Å². The lowest BCUT2D eigenvalue weighted by Gasteiger charge is -2.14. The van der Waals surface area contributed by atoms with Crippen molar-refractivity contribution in [1.82, 2.24) is 20.1 Å². The first-order chi connectivity index (χ1) is 7.02. The molecule has 0 aliphatic heterocycles. The van der Waals surface area contributed by atoms with Crippen LogP contribution in [0.3, 0.4) is 0 Å². The average molecular weight is 212 g/mol. The fraction of sp³-hybridized carbons (Fsp3) is 0.500. The number of amides is 1. The molecule has 0 saturated carbocycles. The first-order valence-electron chi connectivity index (χ1n) is 4.39. The van der Waals surface area contributed by atoms with Crippen molar-refractivity contribution in [3.63, 3.8) is 0 Å². The molecule has 0 bridgehead atoms. The van der Waals surface area contributed by atoms with E-state index in [1.165, 1.54) is 24.3 Å². The van der Waals surface area contributed by atoms with Crippen molar-refractivity contribution in [3.8, 4) is 0 Å². The van der Waals surface area contributed by atoms with Gasteiger partial charge in [0.1, 0.15) is 24.7 Å². The van der Waals surface area contributed by atoms with Crippen molar-refractivity contribution >= 4 is 11.9 Å². The average Bonchev–Trinajstić information content (AvgIpc) is 2.68. The molecule has 0 aliphatic rings. The van der Waals surface area contributed by atoms with Crippen molar-refractivity contribution in [1.29, 1.82) is 0 Å². The van der Waals surface area contributed by atoms with Gasteiger partial charge in [-0.25, -0.2) is 9.67 Å². The summed E-state index contributed by atoms with van der Waals surface area (Å²) < 4.78 is 1.35. The number of aliphatic carboxylic acids is 1. The molecule has 1 rings (SSSR count). The quantitative estimate of drug-likeness (QED) is 0.696.